The van der Waals surface area contributed by atoms with Crippen molar-refractivity contribution in [3.63, 3.8) is 0 Å². The first-order chi connectivity index (χ1) is 12.0. The number of pyridine rings is 1. The lowest BCUT2D eigenvalue weighted by molar-refractivity contribution is -0.127. The maximum absolute atomic E-state index is 12.5. The number of ether oxygens (including phenoxy) is 1. The smallest absolute Gasteiger partial charge is 0.263 e. The van der Waals surface area contributed by atoms with Crippen LogP contribution in [-0.2, 0) is 21.4 Å². The van der Waals surface area contributed by atoms with Crippen molar-refractivity contribution in [1.82, 2.24) is 10.3 Å². The normalized spacial score (nSPS) is 16.7. The van der Waals surface area contributed by atoms with Gasteiger partial charge in [0.1, 0.15) is 5.75 Å². The van der Waals surface area contributed by atoms with Crippen LogP contribution in [0.3, 0.4) is 0 Å². The highest BCUT2D eigenvalue weighted by molar-refractivity contribution is 7.92. The number of sulfonamides is 1. The first kappa shape index (κ1) is 17.2. The van der Waals surface area contributed by atoms with E-state index in [1.54, 1.807) is 55.7 Å². The summed E-state index contributed by atoms with van der Waals surface area (Å²) in [6.45, 7) is 1.85. The van der Waals surface area contributed by atoms with Gasteiger partial charge in [0.25, 0.3) is 5.91 Å². The zero-order valence-electron chi connectivity index (χ0n) is 13.8. The van der Waals surface area contributed by atoms with E-state index in [4.69, 9.17) is 4.74 Å². The van der Waals surface area contributed by atoms with Gasteiger partial charge < -0.3 is 10.1 Å². The molecular weight excluding hydrogens is 342 g/mol. The molecule has 1 atom stereocenters. The zero-order chi connectivity index (χ0) is 17.9. The van der Waals surface area contributed by atoms with Crippen molar-refractivity contribution in [3.8, 4) is 5.75 Å². The van der Waals surface area contributed by atoms with Gasteiger partial charge in [0.05, 0.1) is 18.0 Å². The minimum atomic E-state index is -3.50. The Morgan fingerprint density at radius 1 is 1.28 bits per heavy atom. The predicted octanol–water partition coefficient (Wildman–Crippen LogP) is 1.32. The maximum atomic E-state index is 12.5. The fraction of sp³-hybridized carbons (Fsp3) is 0.294. The predicted molar refractivity (Wildman–Crippen MR) is 93.7 cm³/mol. The van der Waals surface area contributed by atoms with Gasteiger partial charge in [0.2, 0.25) is 10.0 Å². The lowest BCUT2D eigenvalue weighted by atomic mass is 10.2. The quantitative estimate of drug-likeness (QED) is 0.868. The van der Waals surface area contributed by atoms with Crippen LogP contribution in [0, 0.1) is 0 Å². The lowest BCUT2D eigenvalue weighted by Crippen LogP contribution is -2.50. The maximum Gasteiger partial charge on any atom is 0.263 e. The van der Waals surface area contributed by atoms with Crippen molar-refractivity contribution in [1.29, 1.82) is 0 Å². The SMILES string of the molecule is CCS(=O)(=O)N1CC(C(=O)NCc2ccncc2)Oc2ccccc21. The van der Waals surface area contributed by atoms with Crippen molar-refractivity contribution in [2.75, 3.05) is 16.6 Å². The Balaban J connectivity index is 1.78. The summed E-state index contributed by atoms with van der Waals surface area (Å²) in [5, 5.41) is 2.78. The molecule has 0 spiro atoms. The van der Waals surface area contributed by atoms with Crippen LogP contribution >= 0.6 is 0 Å². The highest BCUT2D eigenvalue weighted by atomic mass is 32.2. The third-order valence-electron chi connectivity index (χ3n) is 3.94. The van der Waals surface area contributed by atoms with Gasteiger partial charge in [-0.15, -0.1) is 0 Å². The Bertz CT molecular complexity index is 855. The molecule has 1 aromatic heterocycles. The molecule has 8 heteroatoms. The molecule has 1 unspecified atom stereocenters. The van der Waals surface area contributed by atoms with E-state index in [9.17, 15) is 13.2 Å². The summed E-state index contributed by atoms with van der Waals surface area (Å²) in [6.07, 6.45) is 2.38. The number of fused-ring (bicyclic) bond motifs is 1. The molecule has 1 aliphatic heterocycles. The van der Waals surface area contributed by atoms with E-state index < -0.39 is 16.1 Å². The number of benzene rings is 1. The van der Waals surface area contributed by atoms with E-state index in [0.29, 0.717) is 18.0 Å². The molecule has 0 radical (unpaired) electrons. The number of amides is 1. The van der Waals surface area contributed by atoms with Gasteiger partial charge in [-0.05, 0) is 36.8 Å². The third-order valence-corrected chi connectivity index (χ3v) is 5.69. The Kier molecular flexibility index (Phi) is 4.89. The average molecular weight is 361 g/mol. The molecular formula is C17H19N3O4S. The number of hydrogen-bond acceptors (Lipinski definition) is 5. The van der Waals surface area contributed by atoms with E-state index in [0.717, 1.165) is 5.56 Å². The molecule has 2 aromatic rings. The van der Waals surface area contributed by atoms with Crippen molar-refractivity contribution >= 4 is 21.6 Å². The number of nitrogens with one attached hydrogen (secondary N) is 1. The van der Waals surface area contributed by atoms with E-state index in [-0.39, 0.29) is 18.2 Å². The topological polar surface area (TPSA) is 88.6 Å². The minimum absolute atomic E-state index is 0.0463. The summed E-state index contributed by atoms with van der Waals surface area (Å²) in [5.41, 5.74) is 1.36. The van der Waals surface area contributed by atoms with Gasteiger partial charge in [0, 0.05) is 18.9 Å². The van der Waals surface area contributed by atoms with Crippen LogP contribution in [-0.4, -0.2) is 37.7 Å². The van der Waals surface area contributed by atoms with E-state index in [1.807, 2.05) is 0 Å². The number of rotatable bonds is 5. The van der Waals surface area contributed by atoms with Crippen LogP contribution in [0.4, 0.5) is 5.69 Å². The van der Waals surface area contributed by atoms with Gasteiger partial charge in [-0.25, -0.2) is 8.42 Å². The van der Waals surface area contributed by atoms with Gasteiger partial charge in [-0.2, -0.15) is 0 Å². The molecule has 2 heterocycles. The molecule has 7 nitrogen and oxygen atoms in total. The summed E-state index contributed by atoms with van der Waals surface area (Å²) in [5.74, 6) is -0.0235. The van der Waals surface area contributed by atoms with E-state index >= 15 is 0 Å². The molecule has 25 heavy (non-hydrogen) atoms. The Morgan fingerprint density at radius 2 is 2.00 bits per heavy atom. The molecule has 0 fully saturated rings. The Labute approximate surface area is 146 Å². The monoisotopic (exact) mass is 361 g/mol. The van der Waals surface area contributed by atoms with Crippen LogP contribution in [0.2, 0.25) is 0 Å². The molecule has 1 N–H and O–H groups in total. The molecule has 1 aliphatic rings. The largest absolute Gasteiger partial charge is 0.476 e. The summed E-state index contributed by atoms with van der Waals surface area (Å²) in [4.78, 5) is 16.4. The highest BCUT2D eigenvalue weighted by Crippen LogP contribution is 2.35. The second kappa shape index (κ2) is 7.10. The first-order valence-electron chi connectivity index (χ1n) is 7.94. The van der Waals surface area contributed by atoms with Gasteiger partial charge in [-0.1, -0.05) is 12.1 Å². The molecule has 1 amide bonds. The molecule has 132 valence electrons. The van der Waals surface area contributed by atoms with Crippen LogP contribution in [0.15, 0.2) is 48.8 Å². The number of nitrogens with zero attached hydrogens (tertiary/aromatic N) is 2. The average Bonchev–Trinajstić information content (AvgIpc) is 2.66. The number of carbonyl (C=O) groups is 1. The molecule has 0 saturated heterocycles. The number of para-hydroxylation sites is 2. The summed E-state index contributed by atoms with van der Waals surface area (Å²) in [7, 11) is -3.50. The second-order valence-corrected chi connectivity index (χ2v) is 7.76. The minimum Gasteiger partial charge on any atom is -0.476 e. The zero-order valence-corrected chi connectivity index (χ0v) is 14.6. The van der Waals surface area contributed by atoms with Gasteiger partial charge in [-0.3, -0.25) is 14.1 Å². The molecule has 0 aliphatic carbocycles. The fourth-order valence-electron chi connectivity index (χ4n) is 2.56. The van der Waals surface area contributed by atoms with Crippen molar-refractivity contribution in [3.05, 3.63) is 54.4 Å². The van der Waals surface area contributed by atoms with Crippen LogP contribution in [0.25, 0.3) is 0 Å². The van der Waals surface area contributed by atoms with E-state index in [2.05, 4.69) is 10.3 Å². The summed E-state index contributed by atoms with van der Waals surface area (Å²) in [6, 6.07) is 10.4. The van der Waals surface area contributed by atoms with Crippen molar-refractivity contribution < 1.29 is 17.9 Å². The summed E-state index contributed by atoms with van der Waals surface area (Å²) >= 11 is 0. The molecule has 0 bridgehead atoms. The molecule has 1 aromatic carbocycles. The summed E-state index contributed by atoms with van der Waals surface area (Å²) < 4.78 is 31.8. The van der Waals surface area contributed by atoms with Crippen LogP contribution < -0.4 is 14.4 Å². The molecule has 3 rings (SSSR count). The molecule has 0 saturated carbocycles. The number of hydrogen-bond donors (Lipinski definition) is 1. The number of carbonyl (C=O) groups excluding carboxylic acids is 1. The lowest BCUT2D eigenvalue weighted by Gasteiger charge is -2.34. The fourth-order valence-corrected chi connectivity index (χ4v) is 3.69. The number of aromatic nitrogens is 1. The second-order valence-electron chi connectivity index (χ2n) is 5.58. The van der Waals surface area contributed by atoms with Crippen LogP contribution in [0.5, 0.6) is 5.75 Å². The van der Waals surface area contributed by atoms with Crippen molar-refractivity contribution in [2.45, 2.75) is 19.6 Å². The standard InChI is InChI=1S/C17H19N3O4S/c1-2-25(22,23)20-12-16(24-15-6-4-3-5-14(15)20)17(21)19-11-13-7-9-18-10-8-13/h3-10,16H,2,11-12H2,1H3,(H,19,21). The number of anilines is 1. The highest BCUT2D eigenvalue weighted by Gasteiger charge is 2.35. The van der Waals surface area contributed by atoms with E-state index in [1.165, 1.54) is 4.31 Å². The van der Waals surface area contributed by atoms with Gasteiger partial charge >= 0.3 is 0 Å². The Morgan fingerprint density at radius 3 is 2.72 bits per heavy atom. The first-order valence-corrected chi connectivity index (χ1v) is 9.55. The van der Waals surface area contributed by atoms with Crippen molar-refractivity contribution in [2.24, 2.45) is 0 Å². The Hall–Kier alpha value is -2.61. The third kappa shape index (κ3) is 3.74. The van der Waals surface area contributed by atoms with Gasteiger partial charge in [0.15, 0.2) is 6.10 Å². The van der Waals surface area contributed by atoms with Crippen LogP contribution in [0.1, 0.15) is 12.5 Å².